The van der Waals surface area contributed by atoms with Crippen LogP contribution < -0.4 is 16.8 Å². The first-order valence-electron chi connectivity index (χ1n) is 5.53. The van der Waals surface area contributed by atoms with Crippen molar-refractivity contribution in [2.45, 2.75) is 18.4 Å². The fourth-order valence-electron chi connectivity index (χ4n) is 2.41. The number of nitrogens with zero attached hydrogens (tertiary/aromatic N) is 1. The molecule has 7 nitrogen and oxygen atoms in total. The summed E-state index contributed by atoms with van der Waals surface area (Å²) in [7, 11) is 0. The van der Waals surface area contributed by atoms with E-state index in [2.05, 4.69) is 10.3 Å². The number of nitrogens with two attached hydrogens (primary N) is 2. The molecule has 2 aliphatic rings. The Kier molecular flexibility index (Phi) is 3.12. The molecular formula is C10H16N4O3. The van der Waals surface area contributed by atoms with Crippen LogP contribution in [0.3, 0.4) is 0 Å². The molecule has 0 saturated carbocycles. The second-order valence-electron chi connectivity index (χ2n) is 4.41. The SMILES string of the molecule is NC(=O)C1=NCNC1(CC1CCOC1)C(N)=O. The molecule has 5 N–H and O–H groups in total. The van der Waals surface area contributed by atoms with Crippen LogP contribution in [0.15, 0.2) is 4.99 Å². The molecule has 0 aromatic rings. The highest BCUT2D eigenvalue weighted by Gasteiger charge is 2.48. The first kappa shape index (κ1) is 12.0. The molecule has 2 amide bonds. The lowest BCUT2D eigenvalue weighted by molar-refractivity contribution is -0.123. The van der Waals surface area contributed by atoms with Crippen molar-refractivity contribution in [2.24, 2.45) is 22.4 Å². The van der Waals surface area contributed by atoms with Crippen molar-refractivity contribution in [2.75, 3.05) is 19.9 Å². The van der Waals surface area contributed by atoms with Gasteiger partial charge in [-0.25, -0.2) is 0 Å². The summed E-state index contributed by atoms with van der Waals surface area (Å²) in [6, 6.07) is 0. The average molecular weight is 240 g/mol. The van der Waals surface area contributed by atoms with Crippen molar-refractivity contribution >= 4 is 17.5 Å². The maximum Gasteiger partial charge on any atom is 0.265 e. The zero-order chi connectivity index (χ0) is 12.5. The molecule has 2 aliphatic heterocycles. The first-order chi connectivity index (χ1) is 8.06. The van der Waals surface area contributed by atoms with Gasteiger partial charge in [-0.3, -0.25) is 19.9 Å². The summed E-state index contributed by atoms with van der Waals surface area (Å²) in [5, 5.41) is 2.89. The highest BCUT2D eigenvalue weighted by atomic mass is 16.5. The van der Waals surface area contributed by atoms with Gasteiger partial charge in [0, 0.05) is 13.2 Å². The topological polar surface area (TPSA) is 120 Å². The van der Waals surface area contributed by atoms with Gasteiger partial charge in [0.15, 0.2) is 0 Å². The first-order valence-corrected chi connectivity index (χ1v) is 5.53. The minimum absolute atomic E-state index is 0.0388. The number of hydrogen-bond acceptors (Lipinski definition) is 5. The Hall–Kier alpha value is -1.47. The lowest BCUT2D eigenvalue weighted by Gasteiger charge is -2.28. The fourth-order valence-corrected chi connectivity index (χ4v) is 2.41. The zero-order valence-corrected chi connectivity index (χ0v) is 9.44. The number of carbonyl (C=O) groups is 2. The lowest BCUT2D eigenvalue weighted by atomic mass is 9.82. The van der Waals surface area contributed by atoms with Gasteiger partial charge in [0.05, 0.1) is 6.67 Å². The molecule has 1 fully saturated rings. The second kappa shape index (κ2) is 4.42. The third-order valence-corrected chi connectivity index (χ3v) is 3.30. The highest BCUT2D eigenvalue weighted by molar-refractivity contribution is 6.46. The molecule has 0 spiro atoms. The lowest BCUT2D eigenvalue weighted by Crippen LogP contribution is -2.61. The molecule has 0 aliphatic carbocycles. The molecule has 1 saturated heterocycles. The van der Waals surface area contributed by atoms with Crippen LogP contribution in [0.25, 0.3) is 0 Å². The second-order valence-corrected chi connectivity index (χ2v) is 4.41. The van der Waals surface area contributed by atoms with Crippen molar-refractivity contribution in [3.63, 3.8) is 0 Å². The fraction of sp³-hybridized carbons (Fsp3) is 0.700. The third kappa shape index (κ3) is 2.03. The number of carbonyl (C=O) groups excluding carboxylic acids is 2. The normalized spacial score (nSPS) is 32.5. The van der Waals surface area contributed by atoms with Crippen LogP contribution in [-0.2, 0) is 14.3 Å². The van der Waals surface area contributed by atoms with Crippen LogP contribution in [0.4, 0.5) is 0 Å². The van der Waals surface area contributed by atoms with E-state index >= 15 is 0 Å². The molecule has 2 heterocycles. The summed E-state index contributed by atoms with van der Waals surface area (Å²) in [5.74, 6) is -1.12. The summed E-state index contributed by atoms with van der Waals surface area (Å²) < 4.78 is 5.25. The number of primary amides is 2. The minimum atomic E-state index is -1.22. The smallest absolute Gasteiger partial charge is 0.265 e. The van der Waals surface area contributed by atoms with E-state index in [9.17, 15) is 9.59 Å². The van der Waals surface area contributed by atoms with E-state index in [1.165, 1.54) is 0 Å². The number of aliphatic imine (C=N–C) groups is 1. The van der Waals surface area contributed by atoms with Crippen LogP contribution in [0, 0.1) is 5.92 Å². The van der Waals surface area contributed by atoms with Gasteiger partial charge < -0.3 is 16.2 Å². The van der Waals surface area contributed by atoms with Crippen molar-refractivity contribution in [3.8, 4) is 0 Å². The molecule has 0 bridgehead atoms. The van der Waals surface area contributed by atoms with Crippen molar-refractivity contribution in [3.05, 3.63) is 0 Å². The van der Waals surface area contributed by atoms with Gasteiger partial charge in [-0.15, -0.1) is 0 Å². The Labute approximate surface area is 98.6 Å². The molecule has 2 atom stereocenters. The Morgan fingerprint density at radius 1 is 1.53 bits per heavy atom. The van der Waals surface area contributed by atoms with Crippen LogP contribution in [0.2, 0.25) is 0 Å². The van der Waals surface area contributed by atoms with Gasteiger partial charge in [0.1, 0.15) is 11.3 Å². The van der Waals surface area contributed by atoms with E-state index in [-0.39, 0.29) is 18.3 Å². The van der Waals surface area contributed by atoms with E-state index < -0.39 is 17.4 Å². The third-order valence-electron chi connectivity index (χ3n) is 3.30. The molecule has 0 aromatic carbocycles. The number of ether oxygens (including phenoxy) is 1. The van der Waals surface area contributed by atoms with Crippen molar-refractivity contribution in [1.82, 2.24) is 5.32 Å². The largest absolute Gasteiger partial charge is 0.381 e. The number of hydrogen-bond donors (Lipinski definition) is 3. The van der Waals surface area contributed by atoms with E-state index in [0.717, 1.165) is 6.42 Å². The Morgan fingerprint density at radius 2 is 2.29 bits per heavy atom. The molecule has 0 radical (unpaired) electrons. The monoisotopic (exact) mass is 240 g/mol. The Morgan fingerprint density at radius 3 is 2.82 bits per heavy atom. The molecule has 94 valence electrons. The maximum absolute atomic E-state index is 11.7. The maximum atomic E-state index is 11.7. The number of rotatable bonds is 4. The standard InChI is InChI=1S/C10H16N4O3/c11-8(15)7-10(9(12)16,14-5-13-7)3-6-1-2-17-4-6/h6,14H,1-5H2,(H2,11,15)(H2,12,16). The number of amides is 2. The molecular weight excluding hydrogens is 224 g/mol. The van der Waals surface area contributed by atoms with E-state index in [1.807, 2.05) is 0 Å². The van der Waals surface area contributed by atoms with Crippen molar-refractivity contribution < 1.29 is 14.3 Å². The quantitative estimate of drug-likeness (QED) is 0.532. The average Bonchev–Trinajstić information content (AvgIpc) is 2.87. The highest BCUT2D eigenvalue weighted by Crippen LogP contribution is 2.27. The Bertz CT molecular complexity index is 376. The summed E-state index contributed by atoms with van der Waals surface area (Å²) in [6.45, 7) is 1.43. The summed E-state index contributed by atoms with van der Waals surface area (Å²) >= 11 is 0. The van der Waals surface area contributed by atoms with E-state index in [1.54, 1.807) is 0 Å². The van der Waals surface area contributed by atoms with Crippen LogP contribution in [-0.4, -0.2) is 42.9 Å². The van der Waals surface area contributed by atoms with Gasteiger partial charge in [0.25, 0.3) is 5.91 Å². The molecule has 2 rings (SSSR count). The van der Waals surface area contributed by atoms with E-state index in [0.29, 0.717) is 19.6 Å². The summed E-state index contributed by atoms with van der Waals surface area (Å²) in [5.41, 5.74) is 9.47. The molecule has 2 unspecified atom stereocenters. The molecule has 17 heavy (non-hydrogen) atoms. The van der Waals surface area contributed by atoms with Gasteiger partial charge in [0.2, 0.25) is 5.91 Å². The van der Waals surface area contributed by atoms with Gasteiger partial charge >= 0.3 is 0 Å². The van der Waals surface area contributed by atoms with Crippen LogP contribution >= 0.6 is 0 Å². The van der Waals surface area contributed by atoms with Crippen molar-refractivity contribution in [1.29, 1.82) is 0 Å². The van der Waals surface area contributed by atoms with Crippen LogP contribution in [0.1, 0.15) is 12.8 Å². The van der Waals surface area contributed by atoms with Gasteiger partial charge in [-0.05, 0) is 18.8 Å². The van der Waals surface area contributed by atoms with Crippen LogP contribution in [0.5, 0.6) is 0 Å². The van der Waals surface area contributed by atoms with Gasteiger partial charge in [-0.1, -0.05) is 0 Å². The summed E-state index contributed by atoms with van der Waals surface area (Å²) in [6.07, 6.45) is 1.26. The zero-order valence-electron chi connectivity index (χ0n) is 9.44. The predicted molar refractivity (Wildman–Crippen MR) is 60.1 cm³/mol. The van der Waals surface area contributed by atoms with Gasteiger partial charge in [-0.2, -0.15) is 0 Å². The molecule has 7 heteroatoms. The van der Waals surface area contributed by atoms with E-state index in [4.69, 9.17) is 16.2 Å². The molecule has 0 aromatic heterocycles. The minimum Gasteiger partial charge on any atom is -0.381 e. The summed E-state index contributed by atoms with van der Waals surface area (Å²) in [4.78, 5) is 26.9. The predicted octanol–water partition coefficient (Wildman–Crippen LogP) is -1.88. The Balaban J connectivity index is 2.23. The number of nitrogens with one attached hydrogen (secondary N) is 1.